The van der Waals surface area contributed by atoms with Crippen molar-refractivity contribution in [1.82, 2.24) is 9.55 Å². The van der Waals surface area contributed by atoms with Crippen LogP contribution in [-0.4, -0.2) is 23.8 Å². The minimum absolute atomic E-state index is 0.0449. The zero-order valence-corrected chi connectivity index (χ0v) is 25.4. The van der Waals surface area contributed by atoms with E-state index in [9.17, 15) is 13.2 Å². The lowest BCUT2D eigenvalue weighted by molar-refractivity contribution is 0.352. The molecule has 0 fully saturated rings. The van der Waals surface area contributed by atoms with Gasteiger partial charge in [-0.2, -0.15) is 5.26 Å². The number of fused-ring (bicyclic) bond motifs is 1. The van der Waals surface area contributed by atoms with Crippen molar-refractivity contribution < 1.29 is 22.6 Å². The Morgan fingerprint density at radius 1 is 1.05 bits per heavy atom. The second-order valence-electron chi connectivity index (χ2n) is 9.13. The zero-order valence-electron chi connectivity index (χ0n) is 21.4. The van der Waals surface area contributed by atoms with Gasteiger partial charge < -0.3 is 9.47 Å². The van der Waals surface area contributed by atoms with Crippen molar-refractivity contribution in [1.29, 1.82) is 5.26 Å². The van der Waals surface area contributed by atoms with E-state index in [0.717, 1.165) is 52.8 Å². The zero-order chi connectivity index (χ0) is 28.6. The molecule has 1 aliphatic rings. The van der Waals surface area contributed by atoms with E-state index >= 15 is 0 Å². The number of hydrogen-bond donors (Lipinski definition) is 0. The van der Waals surface area contributed by atoms with E-state index in [1.807, 2.05) is 10.6 Å². The Hall–Kier alpha value is -2.94. The molecule has 5 rings (SSSR count). The van der Waals surface area contributed by atoms with Crippen molar-refractivity contribution >= 4 is 43.6 Å². The highest BCUT2D eigenvalue weighted by molar-refractivity contribution is 9.13. The van der Waals surface area contributed by atoms with E-state index in [4.69, 9.17) is 19.7 Å². The fraction of sp³-hybridized carbons (Fsp3) is 0.241. The molecular formula is C29H22Br2F3N3O2S. The maximum absolute atomic E-state index is 14.7. The van der Waals surface area contributed by atoms with Crippen molar-refractivity contribution in [3.8, 4) is 23.3 Å². The molecule has 0 radical (unpaired) electrons. The molecule has 11 heteroatoms. The first-order valence-electron chi connectivity index (χ1n) is 12.3. The summed E-state index contributed by atoms with van der Waals surface area (Å²) < 4.78 is 57.9. The van der Waals surface area contributed by atoms with Gasteiger partial charge in [-0.1, -0.05) is 11.8 Å². The fourth-order valence-corrected chi connectivity index (χ4v) is 7.20. The number of aryl methyl sites for hydroxylation is 1. The summed E-state index contributed by atoms with van der Waals surface area (Å²) in [7, 11) is 3.15. The summed E-state index contributed by atoms with van der Waals surface area (Å²) in [5.41, 5.74) is 3.19. The molecule has 40 heavy (non-hydrogen) atoms. The highest BCUT2D eigenvalue weighted by atomic mass is 79.9. The number of halogens is 5. The van der Waals surface area contributed by atoms with Gasteiger partial charge in [-0.15, -0.1) is 0 Å². The van der Waals surface area contributed by atoms with E-state index in [0.29, 0.717) is 26.8 Å². The Labute approximate surface area is 250 Å². The van der Waals surface area contributed by atoms with Crippen molar-refractivity contribution in [3.63, 3.8) is 0 Å². The number of methoxy groups -OCH3 is 2. The summed E-state index contributed by atoms with van der Waals surface area (Å²) >= 11 is 8.55. The lowest BCUT2D eigenvalue weighted by Crippen LogP contribution is -2.16. The van der Waals surface area contributed by atoms with E-state index in [1.54, 1.807) is 32.4 Å². The van der Waals surface area contributed by atoms with Gasteiger partial charge in [0, 0.05) is 27.4 Å². The minimum atomic E-state index is -0.786. The lowest BCUT2D eigenvalue weighted by atomic mass is 9.84. The number of rotatable bonds is 7. The average Bonchev–Trinajstić information content (AvgIpc) is 3.32. The molecule has 4 aromatic rings. The van der Waals surface area contributed by atoms with Crippen LogP contribution in [0.25, 0.3) is 5.69 Å². The second kappa shape index (κ2) is 11.9. The van der Waals surface area contributed by atoms with E-state index in [-0.39, 0.29) is 28.6 Å². The van der Waals surface area contributed by atoms with Gasteiger partial charge in [-0.3, -0.25) is 4.57 Å². The van der Waals surface area contributed by atoms with Crippen LogP contribution in [-0.2, 0) is 12.2 Å². The number of aromatic nitrogens is 2. The van der Waals surface area contributed by atoms with Crippen molar-refractivity contribution in [2.45, 2.75) is 36.1 Å². The molecule has 0 N–H and O–H groups in total. The lowest BCUT2D eigenvalue weighted by Gasteiger charge is -2.27. The number of ether oxygens (including phenoxy) is 2. The molecule has 206 valence electrons. The Kier molecular flexibility index (Phi) is 8.50. The van der Waals surface area contributed by atoms with E-state index in [2.05, 4.69) is 31.9 Å². The van der Waals surface area contributed by atoms with E-state index < -0.39 is 11.6 Å². The summed E-state index contributed by atoms with van der Waals surface area (Å²) in [6.45, 7) is 0. The summed E-state index contributed by atoms with van der Waals surface area (Å²) in [4.78, 5) is 4.91. The highest BCUT2D eigenvalue weighted by Gasteiger charge is 2.33. The number of imidazole rings is 1. The normalized spacial score (nSPS) is 14.5. The molecule has 1 unspecified atom stereocenters. The topological polar surface area (TPSA) is 60.1 Å². The maximum atomic E-state index is 14.7. The van der Waals surface area contributed by atoms with Gasteiger partial charge in [-0.25, -0.2) is 18.2 Å². The van der Waals surface area contributed by atoms with Crippen molar-refractivity contribution in [2.75, 3.05) is 14.2 Å². The van der Waals surface area contributed by atoms with Crippen LogP contribution >= 0.6 is 43.6 Å². The third kappa shape index (κ3) is 5.24. The van der Waals surface area contributed by atoms with Gasteiger partial charge in [0.2, 0.25) is 0 Å². The standard InChI is InChI=1S/C29H22Br2F3N3O2S/c1-38-24-12-19(25(30)26(31)28(24)39-2)18-4-3-5-23-27(18)37(17-8-6-16(32)7-9-17)29(36-23)40-14-20-21(33)10-15(13-35)11-22(20)34/h6-12,18H,3-5,14H2,1-2H3. The van der Waals surface area contributed by atoms with Crippen LogP contribution in [0.2, 0.25) is 0 Å². The van der Waals surface area contributed by atoms with Crippen molar-refractivity contribution in [2.24, 2.45) is 0 Å². The summed E-state index contributed by atoms with van der Waals surface area (Å²) in [5.74, 6) is -0.994. The molecule has 0 saturated heterocycles. The Bertz CT molecular complexity index is 1610. The Morgan fingerprint density at radius 2 is 1.75 bits per heavy atom. The number of thioether (sulfide) groups is 1. The number of hydrogen-bond acceptors (Lipinski definition) is 5. The molecular weight excluding hydrogens is 671 g/mol. The molecule has 1 aliphatic carbocycles. The third-order valence-electron chi connectivity index (χ3n) is 6.85. The van der Waals surface area contributed by atoms with Gasteiger partial charge in [0.15, 0.2) is 16.7 Å². The molecule has 0 saturated carbocycles. The Balaban J connectivity index is 1.65. The number of nitriles is 1. The van der Waals surface area contributed by atoms with Crippen LogP contribution in [0.3, 0.4) is 0 Å². The van der Waals surface area contributed by atoms with E-state index in [1.165, 1.54) is 23.9 Å². The molecule has 3 aromatic carbocycles. The number of nitrogens with zero attached hydrogens (tertiary/aromatic N) is 3. The summed E-state index contributed by atoms with van der Waals surface area (Å²) in [6.07, 6.45) is 2.40. The van der Waals surface area contributed by atoms with Crippen LogP contribution in [0.5, 0.6) is 11.5 Å². The van der Waals surface area contributed by atoms with Gasteiger partial charge in [0.25, 0.3) is 0 Å². The number of benzene rings is 3. The first-order valence-corrected chi connectivity index (χ1v) is 14.8. The highest BCUT2D eigenvalue weighted by Crippen LogP contribution is 2.49. The smallest absolute Gasteiger partial charge is 0.176 e. The van der Waals surface area contributed by atoms with Gasteiger partial charge in [-0.05, 0) is 99.2 Å². The predicted octanol–water partition coefficient (Wildman–Crippen LogP) is 8.46. The molecule has 0 aliphatic heterocycles. The molecule has 1 heterocycles. The first-order chi connectivity index (χ1) is 19.3. The first kappa shape index (κ1) is 28.6. The summed E-state index contributed by atoms with van der Waals surface area (Å²) in [6, 6.07) is 11.8. The van der Waals surface area contributed by atoms with Gasteiger partial charge in [0.05, 0.1) is 41.7 Å². The third-order valence-corrected chi connectivity index (χ3v) is 9.96. The molecule has 0 bridgehead atoms. The van der Waals surface area contributed by atoms with Crippen LogP contribution in [0.1, 0.15) is 46.8 Å². The Morgan fingerprint density at radius 3 is 2.38 bits per heavy atom. The SMILES string of the molecule is COc1cc(C2CCCc3nc(SCc4c(F)cc(C#N)cc4F)n(-c4ccc(F)cc4)c32)c(Br)c(Br)c1OC. The van der Waals surface area contributed by atoms with Crippen LogP contribution in [0.15, 0.2) is 56.6 Å². The van der Waals surface area contributed by atoms with Crippen LogP contribution < -0.4 is 9.47 Å². The molecule has 1 atom stereocenters. The second-order valence-corrected chi connectivity index (χ2v) is 11.7. The molecule has 0 amide bonds. The quantitative estimate of drug-likeness (QED) is 0.182. The van der Waals surface area contributed by atoms with Crippen LogP contribution in [0.4, 0.5) is 13.2 Å². The predicted molar refractivity (Wildman–Crippen MR) is 154 cm³/mol. The summed E-state index contributed by atoms with van der Waals surface area (Å²) in [5, 5.41) is 9.56. The molecule has 5 nitrogen and oxygen atoms in total. The van der Waals surface area contributed by atoms with Crippen LogP contribution in [0, 0.1) is 28.8 Å². The monoisotopic (exact) mass is 691 g/mol. The minimum Gasteiger partial charge on any atom is -0.493 e. The average molecular weight is 693 g/mol. The molecule has 0 spiro atoms. The fourth-order valence-electron chi connectivity index (χ4n) is 4.99. The van der Waals surface area contributed by atoms with Gasteiger partial charge >= 0.3 is 0 Å². The maximum Gasteiger partial charge on any atom is 0.176 e. The van der Waals surface area contributed by atoms with Gasteiger partial charge in [0.1, 0.15) is 17.5 Å². The molecule has 1 aromatic heterocycles. The largest absolute Gasteiger partial charge is 0.493 e. The van der Waals surface area contributed by atoms with Crippen molar-refractivity contribution in [3.05, 3.63) is 96.9 Å².